The average Bonchev–Trinajstić information content (AvgIpc) is 2.70. The van der Waals surface area contributed by atoms with Gasteiger partial charge in [0.15, 0.2) is 0 Å². The summed E-state index contributed by atoms with van der Waals surface area (Å²) in [5.41, 5.74) is 3.03. The number of anilines is 1. The highest BCUT2D eigenvalue weighted by Gasteiger charge is 2.29. The van der Waals surface area contributed by atoms with E-state index in [2.05, 4.69) is 14.9 Å². The van der Waals surface area contributed by atoms with E-state index in [1.807, 2.05) is 39.0 Å². The Kier molecular flexibility index (Phi) is 6.72. The van der Waals surface area contributed by atoms with Crippen molar-refractivity contribution in [2.45, 2.75) is 50.6 Å². The van der Waals surface area contributed by atoms with Crippen molar-refractivity contribution in [3.05, 3.63) is 59.7 Å². The number of carbonyl (C=O) groups is 1. The molecule has 3 rings (SSSR count). The van der Waals surface area contributed by atoms with Gasteiger partial charge in [0.25, 0.3) is 0 Å². The zero-order valence-electron chi connectivity index (χ0n) is 17.2. The summed E-state index contributed by atoms with van der Waals surface area (Å²) in [6.45, 7) is 7.25. The van der Waals surface area contributed by atoms with Crippen molar-refractivity contribution in [3.8, 4) is 0 Å². The average molecular weight is 416 g/mol. The molecule has 7 heteroatoms. The van der Waals surface area contributed by atoms with E-state index in [9.17, 15) is 13.2 Å². The number of sulfonamides is 1. The van der Waals surface area contributed by atoms with Crippen LogP contribution in [-0.2, 0) is 14.8 Å². The first kappa shape index (κ1) is 21.5. The molecule has 2 N–H and O–H groups in total. The molecular weight excluding hydrogens is 386 g/mol. The summed E-state index contributed by atoms with van der Waals surface area (Å²) in [4.78, 5) is 15.1. The predicted molar refractivity (Wildman–Crippen MR) is 115 cm³/mol. The number of nitrogens with one attached hydrogen (secondary N) is 2. The van der Waals surface area contributed by atoms with Gasteiger partial charge in [-0.05, 0) is 57.4 Å². The van der Waals surface area contributed by atoms with Crippen molar-refractivity contribution in [2.24, 2.45) is 0 Å². The van der Waals surface area contributed by atoms with Crippen LogP contribution >= 0.6 is 0 Å². The summed E-state index contributed by atoms with van der Waals surface area (Å²) >= 11 is 0. The second-order valence-electron chi connectivity index (χ2n) is 7.73. The van der Waals surface area contributed by atoms with Gasteiger partial charge in [-0.3, -0.25) is 9.69 Å². The third-order valence-electron chi connectivity index (χ3n) is 5.47. The third-order valence-corrected chi connectivity index (χ3v) is 7.01. The van der Waals surface area contributed by atoms with Gasteiger partial charge in [0.1, 0.15) is 0 Å². The van der Waals surface area contributed by atoms with Crippen LogP contribution in [0.4, 0.5) is 5.69 Å². The van der Waals surface area contributed by atoms with E-state index in [4.69, 9.17) is 0 Å². The fourth-order valence-electron chi connectivity index (χ4n) is 3.65. The van der Waals surface area contributed by atoms with Crippen molar-refractivity contribution in [3.63, 3.8) is 0 Å². The number of nitrogens with zero attached hydrogens (tertiary/aromatic N) is 1. The molecule has 1 fully saturated rings. The Bertz CT molecular complexity index is 953. The van der Waals surface area contributed by atoms with Crippen LogP contribution in [0.15, 0.2) is 53.4 Å². The zero-order chi connectivity index (χ0) is 21.0. The molecule has 0 aromatic heterocycles. The van der Waals surface area contributed by atoms with Crippen molar-refractivity contribution < 1.29 is 13.2 Å². The van der Waals surface area contributed by atoms with E-state index in [-0.39, 0.29) is 22.9 Å². The van der Waals surface area contributed by atoms with Gasteiger partial charge in [0.05, 0.1) is 10.9 Å². The molecule has 29 heavy (non-hydrogen) atoms. The van der Waals surface area contributed by atoms with Crippen LogP contribution in [-0.4, -0.2) is 44.4 Å². The molecule has 2 aromatic carbocycles. The minimum atomic E-state index is -3.51. The van der Waals surface area contributed by atoms with E-state index < -0.39 is 10.0 Å². The number of piperidine rings is 1. The van der Waals surface area contributed by atoms with Crippen LogP contribution in [0.25, 0.3) is 0 Å². The van der Waals surface area contributed by atoms with Gasteiger partial charge in [0.2, 0.25) is 15.9 Å². The Labute approximate surface area is 173 Å². The number of hydrogen-bond acceptors (Lipinski definition) is 4. The highest BCUT2D eigenvalue weighted by atomic mass is 32.2. The molecule has 0 spiro atoms. The number of benzene rings is 2. The first-order valence-corrected chi connectivity index (χ1v) is 11.4. The normalized spacial score (nSPS) is 17.1. The number of amides is 1. The van der Waals surface area contributed by atoms with Crippen molar-refractivity contribution in [1.29, 1.82) is 0 Å². The van der Waals surface area contributed by atoms with Gasteiger partial charge >= 0.3 is 0 Å². The molecule has 1 aliphatic rings. The molecule has 0 bridgehead atoms. The second kappa shape index (κ2) is 9.07. The maximum atomic E-state index is 12.7. The Morgan fingerprint density at radius 3 is 2.34 bits per heavy atom. The number of rotatable bonds is 6. The van der Waals surface area contributed by atoms with E-state index in [1.165, 1.54) is 0 Å². The molecule has 1 saturated heterocycles. The first-order valence-electron chi connectivity index (χ1n) is 9.96. The lowest BCUT2D eigenvalue weighted by Gasteiger charge is -2.35. The van der Waals surface area contributed by atoms with Crippen LogP contribution in [0.2, 0.25) is 0 Å². The van der Waals surface area contributed by atoms with Crippen molar-refractivity contribution in [2.75, 3.05) is 18.4 Å². The van der Waals surface area contributed by atoms with Crippen molar-refractivity contribution in [1.82, 2.24) is 9.62 Å². The Morgan fingerprint density at radius 1 is 1.07 bits per heavy atom. The fraction of sp³-hybridized carbons (Fsp3) is 0.409. The van der Waals surface area contributed by atoms with E-state index in [0.29, 0.717) is 25.9 Å². The van der Waals surface area contributed by atoms with Gasteiger partial charge in [-0.1, -0.05) is 35.9 Å². The Hall–Kier alpha value is -2.22. The molecule has 1 unspecified atom stereocenters. The molecule has 1 atom stereocenters. The molecule has 0 radical (unpaired) electrons. The minimum Gasteiger partial charge on any atom is -0.324 e. The molecule has 156 valence electrons. The summed E-state index contributed by atoms with van der Waals surface area (Å²) in [5, 5.41) is 3.01. The highest BCUT2D eigenvalue weighted by molar-refractivity contribution is 7.89. The maximum absolute atomic E-state index is 12.7. The number of likely N-dealkylation sites (tertiary alicyclic amines) is 1. The van der Waals surface area contributed by atoms with Gasteiger partial charge in [0, 0.05) is 24.8 Å². The number of carbonyl (C=O) groups excluding carboxylic acids is 1. The minimum absolute atomic E-state index is 0.0414. The van der Waals surface area contributed by atoms with Crippen LogP contribution < -0.4 is 10.0 Å². The molecule has 0 aliphatic carbocycles. The van der Waals surface area contributed by atoms with E-state index >= 15 is 0 Å². The molecular formula is C22H29N3O3S. The summed E-state index contributed by atoms with van der Waals surface area (Å²) in [6.07, 6.45) is 1.35. The summed E-state index contributed by atoms with van der Waals surface area (Å²) in [6, 6.07) is 14.0. The smallest absolute Gasteiger partial charge is 0.241 e. The van der Waals surface area contributed by atoms with Crippen LogP contribution in [0, 0.1) is 13.8 Å². The second-order valence-corrected chi connectivity index (χ2v) is 9.44. The number of hydrogen-bond donors (Lipinski definition) is 2. The molecule has 2 aromatic rings. The van der Waals surface area contributed by atoms with Crippen LogP contribution in [0.5, 0.6) is 0 Å². The molecule has 0 saturated carbocycles. The molecule has 1 amide bonds. The standard InChI is InChI=1S/C22H29N3O3S/c1-16-9-10-21(17(2)15-16)23-22(26)18(3)25-13-11-19(12-14-25)24-29(27,28)20-7-5-4-6-8-20/h4-10,15,18-19,24H,11-14H2,1-3H3,(H,23,26). The third kappa shape index (κ3) is 5.44. The Morgan fingerprint density at radius 2 is 1.72 bits per heavy atom. The zero-order valence-corrected chi connectivity index (χ0v) is 18.0. The Balaban J connectivity index is 1.54. The number of aryl methyl sites for hydroxylation is 2. The molecule has 1 heterocycles. The van der Waals surface area contributed by atoms with E-state index in [0.717, 1.165) is 16.8 Å². The summed E-state index contributed by atoms with van der Waals surface area (Å²) in [7, 11) is -3.51. The van der Waals surface area contributed by atoms with Gasteiger partial charge < -0.3 is 5.32 Å². The topological polar surface area (TPSA) is 78.5 Å². The SMILES string of the molecule is Cc1ccc(NC(=O)C(C)N2CCC(NS(=O)(=O)c3ccccc3)CC2)c(C)c1. The lowest BCUT2D eigenvalue weighted by Crippen LogP contribution is -2.50. The maximum Gasteiger partial charge on any atom is 0.241 e. The summed E-state index contributed by atoms with van der Waals surface area (Å²) < 4.78 is 27.8. The van der Waals surface area contributed by atoms with Crippen molar-refractivity contribution >= 4 is 21.6 Å². The highest BCUT2D eigenvalue weighted by Crippen LogP contribution is 2.19. The van der Waals surface area contributed by atoms with Gasteiger partial charge in [-0.2, -0.15) is 0 Å². The van der Waals surface area contributed by atoms with Crippen LogP contribution in [0.3, 0.4) is 0 Å². The fourth-order valence-corrected chi connectivity index (χ4v) is 4.97. The monoisotopic (exact) mass is 415 g/mol. The van der Waals surface area contributed by atoms with Gasteiger partial charge in [-0.25, -0.2) is 13.1 Å². The predicted octanol–water partition coefficient (Wildman–Crippen LogP) is 3.07. The first-order chi connectivity index (χ1) is 13.8. The van der Waals surface area contributed by atoms with Crippen LogP contribution in [0.1, 0.15) is 30.9 Å². The molecule has 1 aliphatic heterocycles. The molecule has 6 nitrogen and oxygen atoms in total. The largest absolute Gasteiger partial charge is 0.324 e. The van der Waals surface area contributed by atoms with E-state index in [1.54, 1.807) is 30.3 Å². The summed E-state index contributed by atoms with van der Waals surface area (Å²) in [5.74, 6) is -0.0414. The quantitative estimate of drug-likeness (QED) is 0.760. The lowest BCUT2D eigenvalue weighted by molar-refractivity contribution is -0.121. The lowest BCUT2D eigenvalue weighted by atomic mass is 10.0. The van der Waals surface area contributed by atoms with Gasteiger partial charge in [-0.15, -0.1) is 0 Å².